The zero-order chi connectivity index (χ0) is 13.9. The van der Waals surface area contributed by atoms with Crippen LogP contribution in [0.1, 0.15) is 44.6 Å². The van der Waals surface area contributed by atoms with Crippen molar-refractivity contribution in [2.24, 2.45) is 5.92 Å². The third kappa shape index (κ3) is 4.99. The van der Waals surface area contributed by atoms with Crippen LogP contribution in [0.5, 0.6) is 0 Å². The molecular formula is C14H23NO3S. The molecule has 1 saturated carbocycles. The number of hydrogen-bond donors (Lipinski definition) is 1. The molecule has 0 saturated heterocycles. The van der Waals surface area contributed by atoms with Gasteiger partial charge in [-0.25, -0.2) is 8.42 Å². The van der Waals surface area contributed by atoms with Gasteiger partial charge in [-0.1, -0.05) is 20.3 Å². The van der Waals surface area contributed by atoms with Gasteiger partial charge in [-0.2, -0.15) is 0 Å². The minimum absolute atomic E-state index is 0.0147. The van der Waals surface area contributed by atoms with Gasteiger partial charge in [-0.15, -0.1) is 0 Å². The summed E-state index contributed by atoms with van der Waals surface area (Å²) in [6.07, 6.45) is 3.35. The summed E-state index contributed by atoms with van der Waals surface area (Å²) in [6, 6.07) is 4.27. The van der Waals surface area contributed by atoms with Crippen LogP contribution in [0.4, 0.5) is 0 Å². The minimum Gasteiger partial charge on any atom is -0.464 e. The van der Waals surface area contributed by atoms with E-state index in [1.165, 1.54) is 12.8 Å². The maximum atomic E-state index is 12.0. The quantitative estimate of drug-likeness (QED) is 0.797. The monoisotopic (exact) mass is 285 g/mol. The molecule has 5 heteroatoms. The molecule has 4 nitrogen and oxygen atoms in total. The first kappa shape index (κ1) is 14.6. The van der Waals surface area contributed by atoms with Gasteiger partial charge in [0, 0.05) is 6.04 Å². The number of nitrogens with one attached hydrogen (secondary N) is 1. The predicted octanol–water partition coefficient (Wildman–Crippen LogP) is 2.49. The molecule has 1 N–H and O–H groups in total. The van der Waals surface area contributed by atoms with Gasteiger partial charge >= 0.3 is 0 Å². The molecule has 108 valence electrons. The third-order valence-electron chi connectivity index (χ3n) is 3.46. The van der Waals surface area contributed by atoms with E-state index >= 15 is 0 Å². The molecule has 1 fully saturated rings. The van der Waals surface area contributed by atoms with E-state index in [1.54, 1.807) is 6.07 Å². The van der Waals surface area contributed by atoms with E-state index in [2.05, 4.69) is 5.32 Å². The van der Waals surface area contributed by atoms with Crippen molar-refractivity contribution in [2.75, 3.05) is 5.75 Å². The molecule has 0 bridgehead atoms. The molecule has 0 spiro atoms. The molecule has 1 aromatic rings. The lowest BCUT2D eigenvalue weighted by atomic mass is 10.2. The highest BCUT2D eigenvalue weighted by atomic mass is 32.2. The van der Waals surface area contributed by atoms with Crippen LogP contribution in [0.2, 0.25) is 0 Å². The van der Waals surface area contributed by atoms with Crippen LogP contribution in [0.15, 0.2) is 16.5 Å². The average molecular weight is 285 g/mol. The number of sulfone groups is 1. The molecule has 1 heterocycles. The molecule has 0 aliphatic heterocycles. The molecule has 1 atom stereocenters. The lowest BCUT2D eigenvalue weighted by molar-refractivity contribution is 0.454. The molecular weight excluding hydrogens is 262 g/mol. The Bertz CT molecular complexity index is 503. The van der Waals surface area contributed by atoms with Crippen LogP contribution < -0.4 is 5.32 Å². The number of hydrogen-bond acceptors (Lipinski definition) is 4. The van der Waals surface area contributed by atoms with E-state index < -0.39 is 9.84 Å². The van der Waals surface area contributed by atoms with Crippen molar-refractivity contribution in [2.45, 2.75) is 51.4 Å². The molecule has 1 unspecified atom stereocenters. The van der Waals surface area contributed by atoms with Crippen LogP contribution >= 0.6 is 0 Å². The summed E-state index contributed by atoms with van der Waals surface area (Å²) in [5.41, 5.74) is 0. The summed E-state index contributed by atoms with van der Waals surface area (Å²) in [4.78, 5) is 0. The van der Waals surface area contributed by atoms with Gasteiger partial charge in [0.15, 0.2) is 9.84 Å². The maximum Gasteiger partial charge on any atom is 0.157 e. The van der Waals surface area contributed by atoms with Crippen LogP contribution in [0, 0.1) is 5.92 Å². The van der Waals surface area contributed by atoms with E-state index in [4.69, 9.17) is 4.42 Å². The van der Waals surface area contributed by atoms with E-state index in [0.29, 0.717) is 18.3 Å². The Balaban J connectivity index is 1.87. The highest BCUT2D eigenvalue weighted by Gasteiger charge is 2.21. The Hall–Kier alpha value is -0.810. The second-order valence-electron chi connectivity index (χ2n) is 5.59. The van der Waals surface area contributed by atoms with E-state index in [1.807, 2.05) is 19.9 Å². The zero-order valence-electron chi connectivity index (χ0n) is 11.7. The van der Waals surface area contributed by atoms with Crippen LogP contribution in [-0.4, -0.2) is 20.2 Å². The second kappa shape index (κ2) is 6.09. The second-order valence-corrected chi connectivity index (χ2v) is 7.70. The normalized spacial score (nSPS) is 17.6. The molecule has 0 radical (unpaired) electrons. The van der Waals surface area contributed by atoms with Crippen molar-refractivity contribution in [1.82, 2.24) is 5.32 Å². The van der Waals surface area contributed by atoms with Crippen LogP contribution in [0.25, 0.3) is 0 Å². The van der Waals surface area contributed by atoms with Gasteiger partial charge in [-0.3, -0.25) is 0 Å². The predicted molar refractivity (Wildman–Crippen MR) is 75.5 cm³/mol. The van der Waals surface area contributed by atoms with E-state index in [0.717, 1.165) is 12.2 Å². The van der Waals surface area contributed by atoms with Crippen LogP contribution in [0.3, 0.4) is 0 Å². The summed E-state index contributed by atoms with van der Waals surface area (Å²) in [5.74, 6) is 1.83. The fraction of sp³-hybridized carbons (Fsp3) is 0.714. The first-order valence-electron chi connectivity index (χ1n) is 7.00. The smallest absolute Gasteiger partial charge is 0.157 e. The van der Waals surface area contributed by atoms with Gasteiger partial charge < -0.3 is 9.73 Å². The molecule has 1 aliphatic rings. The number of furan rings is 1. The first-order chi connectivity index (χ1) is 8.98. The molecule has 19 heavy (non-hydrogen) atoms. The fourth-order valence-electron chi connectivity index (χ4n) is 1.95. The Kier molecular flexibility index (Phi) is 4.68. The SMILES string of the molecule is CCC(C)CS(=O)(=O)Cc1ccc(CNC2CC2)o1. The van der Waals surface area contributed by atoms with Crippen molar-refractivity contribution in [3.63, 3.8) is 0 Å². The van der Waals surface area contributed by atoms with E-state index in [-0.39, 0.29) is 17.4 Å². The maximum absolute atomic E-state index is 12.0. The lowest BCUT2D eigenvalue weighted by Gasteiger charge is -2.08. The summed E-state index contributed by atoms with van der Waals surface area (Å²) in [7, 11) is -3.07. The van der Waals surface area contributed by atoms with Gasteiger partial charge in [0.25, 0.3) is 0 Å². The average Bonchev–Trinajstić information content (AvgIpc) is 3.07. The molecule has 0 amide bonds. The van der Waals surface area contributed by atoms with Gasteiger partial charge in [0.05, 0.1) is 12.3 Å². The molecule has 1 aromatic heterocycles. The zero-order valence-corrected chi connectivity index (χ0v) is 12.5. The fourth-order valence-corrected chi connectivity index (χ4v) is 3.76. The Morgan fingerprint density at radius 3 is 2.68 bits per heavy atom. The summed E-state index contributed by atoms with van der Waals surface area (Å²) >= 11 is 0. The van der Waals surface area contributed by atoms with Gasteiger partial charge in [0.1, 0.15) is 17.3 Å². The van der Waals surface area contributed by atoms with Gasteiger partial charge in [-0.05, 0) is 30.9 Å². The van der Waals surface area contributed by atoms with Crippen molar-refractivity contribution in [3.8, 4) is 0 Å². The van der Waals surface area contributed by atoms with Crippen molar-refractivity contribution < 1.29 is 12.8 Å². The highest BCUT2D eigenvalue weighted by Crippen LogP contribution is 2.20. The van der Waals surface area contributed by atoms with Gasteiger partial charge in [0.2, 0.25) is 0 Å². The van der Waals surface area contributed by atoms with Crippen molar-refractivity contribution in [3.05, 3.63) is 23.7 Å². The Morgan fingerprint density at radius 2 is 2.05 bits per heavy atom. The molecule has 0 aromatic carbocycles. The summed E-state index contributed by atoms with van der Waals surface area (Å²) in [6.45, 7) is 4.66. The largest absolute Gasteiger partial charge is 0.464 e. The number of rotatable bonds is 8. The van der Waals surface area contributed by atoms with Crippen LogP contribution in [-0.2, 0) is 22.1 Å². The third-order valence-corrected chi connectivity index (χ3v) is 5.26. The topological polar surface area (TPSA) is 59.3 Å². The summed E-state index contributed by atoms with van der Waals surface area (Å²) < 4.78 is 29.5. The highest BCUT2D eigenvalue weighted by molar-refractivity contribution is 7.90. The van der Waals surface area contributed by atoms with Crippen molar-refractivity contribution >= 4 is 9.84 Å². The summed E-state index contributed by atoms with van der Waals surface area (Å²) in [5, 5.41) is 3.35. The lowest BCUT2D eigenvalue weighted by Crippen LogP contribution is -2.15. The molecule has 1 aliphatic carbocycles. The van der Waals surface area contributed by atoms with E-state index in [9.17, 15) is 8.42 Å². The minimum atomic E-state index is -3.07. The van der Waals surface area contributed by atoms with Crippen molar-refractivity contribution in [1.29, 1.82) is 0 Å². The Morgan fingerprint density at radius 1 is 1.37 bits per heavy atom. The molecule has 2 rings (SSSR count). The standard InChI is InChI=1S/C14H23NO3S/c1-3-11(2)9-19(16,17)10-14-7-6-13(18-14)8-15-12-4-5-12/h6-7,11-12,15H,3-5,8-10H2,1-2H3. The Labute approximate surface area is 115 Å². The first-order valence-corrected chi connectivity index (χ1v) is 8.82.